The third-order valence-electron chi connectivity index (χ3n) is 5.04. The minimum Gasteiger partial charge on any atom is -0.355 e. The molecule has 5 aromatic rings. The van der Waals surface area contributed by atoms with Gasteiger partial charge in [0.1, 0.15) is 0 Å². The normalized spacial score (nSPS) is 10.4. The number of anilines is 2. The van der Waals surface area contributed by atoms with Crippen LogP contribution in [0.15, 0.2) is 109 Å². The molecular formula is C28H25N. The Hall–Kier alpha value is -3.58. The Kier molecular flexibility index (Phi) is 5.58. The molecule has 5 rings (SSSR count). The summed E-state index contributed by atoms with van der Waals surface area (Å²) >= 11 is 0. The smallest absolute Gasteiger partial charge is 0.0464 e. The standard InChI is InChI=1S/C26H19N.C2H6/c1-2-10-22(11-3-1)27-26-17-16-23(24-12-6-7-13-25(24)26)21-15-14-19-8-4-5-9-20(19)18-21;1-2/h1-18,27H;1-2H3. The summed E-state index contributed by atoms with van der Waals surface area (Å²) in [7, 11) is 0. The van der Waals surface area contributed by atoms with Crippen LogP contribution in [0, 0.1) is 0 Å². The van der Waals surface area contributed by atoms with Gasteiger partial charge in [0.15, 0.2) is 0 Å². The van der Waals surface area contributed by atoms with Crippen LogP contribution in [0.2, 0.25) is 0 Å². The lowest BCUT2D eigenvalue weighted by molar-refractivity contribution is 1.50. The maximum atomic E-state index is 3.56. The molecule has 0 saturated carbocycles. The molecule has 0 radical (unpaired) electrons. The highest BCUT2D eigenvalue weighted by molar-refractivity contribution is 6.05. The van der Waals surface area contributed by atoms with Gasteiger partial charge in [-0.2, -0.15) is 0 Å². The van der Waals surface area contributed by atoms with Crippen LogP contribution in [0.3, 0.4) is 0 Å². The van der Waals surface area contributed by atoms with Gasteiger partial charge in [0, 0.05) is 16.8 Å². The molecule has 0 aliphatic rings. The maximum absolute atomic E-state index is 3.56. The number of fused-ring (bicyclic) bond motifs is 2. The van der Waals surface area contributed by atoms with Crippen LogP contribution in [-0.2, 0) is 0 Å². The van der Waals surface area contributed by atoms with Crippen molar-refractivity contribution < 1.29 is 0 Å². The van der Waals surface area contributed by atoms with E-state index in [9.17, 15) is 0 Å². The highest BCUT2D eigenvalue weighted by Gasteiger charge is 2.08. The molecule has 1 heteroatoms. The van der Waals surface area contributed by atoms with E-state index in [0.717, 1.165) is 11.4 Å². The Labute approximate surface area is 172 Å². The van der Waals surface area contributed by atoms with Crippen molar-refractivity contribution in [3.05, 3.63) is 109 Å². The second-order valence-corrected chi connectivity index (χ2v) is 6.76. The molecule has 0 fully saturated rings. The quantitative estimate of drug-likeness (QED) is 0.333. The van der Waals surface area contributed by atoms with Crippen molar-refractivity contribution in [3.8, 4) is 11.1 Å². The number of para-hydroxylation sites is 1. The van der Waals surface area contributed by atoms with E-state index in [1.165, 1.54) is 32.7 Å². The Balaban J connectivity index is 0.000000994. The first-order chi connectivity index (χ1) is 14.4. The fourth-order valence-electron chi connectivity index (χ4n) is 3.69. The number of hydrogen-bond donors (Lipinski definition) is 1. The summed E-state index contributed by atoms with van der Waals surface area (Å²) in [6.07, 6.45) is 0. The molecule has 0 saturated heterocycles. The minimum absolute atomic E-state index is 1.10. The highest BCUT2D eigenvalue weighted by Crippen LogP contribution is 2.35. The van der Waals surface area contributed by atoms with Crippen LogP contribution < -0.4 is 5.32 Å². The van der Waals surface area contributed by atoms with Crippen LogP contribution in [0.1, 0.15) is 13.8 Å². The van der Waals surface area contributed by atoms with Gasteiger partial charge in [-0.3, -0.25) is 0 Å². The molecule has 29 heavy (non-hydrogen) atoms. The van der Waals surface area contributed by atoms with Gasteiger partial charge in [-0.05, 0) is 51.6 Å². The minimum atomic E-state index is 1.10. The van der Waals surface area contributed by atoms with Crippen molar-refractivity contribution >= 4 is 32.9 Å². The molecule has 0 spiro atoms. The molecule has 0 atom stereocenters. The first-order valence-corrected chi connectivity index (χ1v) is 10.2. The Bertz CT molecular complexity index is 1240. The molecule has 1 N–H and O–H groups in total. The maximum Gasteiger partial charge on any atom is 0.0464 e. The first kappa shape index (κ1) is 18.8. The summed E-state index contributed by atoms with van der Waals surface area (Å²) in [6, 6.07) is 38.5. The molecule has 5 aromatic carbocycles. The van der Waals surface area contributed by atoms with Crippen molar-refractivity contribution in [2.75, 3.05) is 5.32 Å². The zero-order valence-corrected chi connectivity index (χ0v) is 16.9. The van der Waals surface area contributed by atoms with Crippen LogP contribution in [0.4, 0.5) is 11.4 Å². The van der Waals surface area contributed by atoms with E-state index in [4.69, 9.17) is 0 Å². The number of hydrogen-bond acceptors (Lipinski definition) is 1. The summed E-state index contributed by atoms with van der Waals surface area (Å²) in [5.74, 6) is 0. The lowest BCUT2D eigenvalue weighted by Crippen LogP contribution is -1.92. The second kappa shape index (κ2) is 8.62. The first-order valence-electron chi connectivity index (χ1n) is 10.2. The van der Waals surface area contributed by atoms with Gasteiger partial charge in [0.25, 0.3) is 0 Å². The fourth-order valence-corrected chi connectivity index (χ4v) is 3.69. The fraction of sp³-hybridized carbons (Fsp3) is 0.0714. The van der Waals surface area contributed by atoms with E-state index in [-0.39, 0.29) is 0 Å². The predicted octanol–water partition coefficient (Wildman–Crippen LogP) is 8.43. The van der Waals surface area contributed by atoms with Gasteiger partial charge in [-0.15, -0.1) is 0 Å². The summed E-state index contributed by atoms with van der Waals surface area (Å²) in [4.78, 5) is 0. The van der Waals surface area contributed by atoms with E-state index >= 15 is 0 Å². The van der Waals surface area contributed by atoms with E-state index < -0.39 is 0 Å². The van der Waals surface area contributed by atoms with Crippen LogP contribution in [-0.4, -0.2) is 0 Å². The van der Waals surface area contributed by atoms with Crippen LogP contribution >= 0.6 is 0 Å². The lowest BCUT2D eigenvalue weighted by Gasteiger charge is -2.14. The molecule has 1 nitrogen and oxygen atoms in total. The highest BCUT2D eigenvalue weighted by atomic mass is 14.9. The van der Waals surface area contributed by atoms with E-state index in [0.29, 0.717) is 0 Å². The van der Waals surface area contributed by atoms with Crippen molar-refractivity contribution in [2.45, 2.75) is 13.8 Å². The molecule has 0 heterocycles. The zero-order chi connectivity index (χ0) is 20.1. The SMILES string of the molecule is CC.c1ccc(Nc2ccc(-c3ccc4ccccc4c3)c3ccccc23)cc1. The average Bonchev–Trinajstić information content (AvgIpc) is 2.81. The topological polar surface area (TPSA) is 12.0 Å². The average molecular weight is 376 g/mol. The van der Waals surface area contributed by atoms with Crippen LogP contribution in [0.5, 0.6) is 0 Å². The zero-order valence-electron chi connectivity index (χ0n) is 16.9. The van der Waals surface area contributed by atoms with Gasteiger partial charge in [0.05, 0.1) is 0 Å². The number of nitrogens with one attached hydrogen (secondary N) is 1. The summed E-state index contributed by atoms with van der Waals surface area (Å²) in [5, 5.41) is 8.58. The van der Waals surface area contributed by atoms with E-state index in [1.54, 1.807) is 0 Å². The molecule has 142 valence electrons. The second-order valence-electron chi connectivity index (χ2n) is 6.76. The third-order valence-corrected chi connectivity index (χ3v) is 5.04. The van der Waals surface area contributed by atoms with Crippen molar-refractivity contribution in [1.82, 2.24) is 0 Å². The van der Waals surface area contributed by atoms with Gasteiger partial charge >= 0.3 is 0 Å². The van der Waals surface area contributed by atoms with Gasteiger partial charge in [-0.25, -0.2) is 0 Å². The molecule has 0 unspecified atom stereocenters. The van der Waals surface area contributed by atoms with Crippen molar-refractivity contribution in [1.29, 1.82) is 0 Å². The molecule has 0 aliphatic carbocycles. The number of rotatable bonds is 3. The summed E-state index contributed by atoms with van der Waals surface area (Å²) in [6.45, 7) is 4.00. The predicted molar refractivity (Wildman–Crippen MR) is 128 cm³/mol. The molecule has 0 aromatic heterocycles. The molecule has 0 aliphatic heterocycles. The van der Waals surface area contributed by atoms with Gasteiger partial charge < -0.3 is 5.32 Å². The molecule has 0 amide bonds. The largest absolute Gasteiger partial charge is 0.355 e. The number of benzene rings is 5. The van der Waals surface area contributed by atoms with Gasteiger partial charge in [0.2, 0.25) is 0 Å². The third kappa shape index (κ3) is 3.86. The Morgan fingerprint density at radius 3 is 1.97 bits per heavy atom. The van der Waals surface area contributed by atoms with E-state index in [1.807, 2.05) is 32.0 Å². The van der Waals surface area contributed by atoms with Crippen molar-refractivity contribution in [2.24, 2.45) is 0 Å². The van der Waals surface area contributed by atoms with Crippen LogP contribution in [0.25, 0.3) is 32.7 Å². The summed E-state index contributed by atoms with van der Waals surface area (Å²) in [5.41, 5.74) is 4.73. The Morgan fingerprint density at radius 2 is 1.17 bits per heavy atom. The monoisotopic (exact) mass is 375 g/mol. The molecule has 0 bridgehead atoms. The Morgan fingerprint density at radius 1 is 0.517 bits per heavy atom. The van der Waals surface area contributed by atoms with Gasteiger partial charge in [-0.1, -0.05) is 98.8 Å². The lowest BCUT2D eigenvalue weighted by atomic mass is 9.95. The van der Waals surface area contributed by atoms with E-state index in [2.05, 4.69) is 96.3 Å². The molecular weight excluding hydrogens is 350 g/mol. The summed E-state index contributed by atoms with van der Waals surface area (Å²) < 4.78 is 0. The van der Waals surface area contributed by atoms with Crippen molar-refractivity contribution in [3.63, 3.8) is 0 Å².